The van der Waals surface area contributed by atoms with Gasteiger partial charge in [-0.25, -0.2) is 8.42 Å². The Balaban J connectivity index is 2.04. The Kier molecular flexibility index (Phi) is 4.99. The molecule has 1 aromatic carbocycles. The van der Waals surface area contributed by atoms with Gasteiger partial charge < -0.3 is 10.2 Å². The van der Waals surface area contributed by atoms with Crippen LogP contribution in [-0.4, -0.2) is 49.7 Å². The van der Waals surface area contributed by atoms with Crippen LogP contribution < -0.4 is 5.32 Å². The lowest BCUT2D eigenvalue weighted by Gasteiger charge is -2.22. The number of nitrogens with one attached hydrogen (secondary N) is 1. The van der Waals surface area contributed by atoms with Gasteiger partial charge in [-0.05, 0) is 24.6 Å². The van der Waals surface area contributed by atoms with Crippen molar-refractivity contribution >= 4 is 50.5 Å². The van der Waals surface area contributed by atoms with E-state index in [1.54, 1.807) is 0 Å². The number of hydrogen-bond donors (Lipinski definition) is 1. The van der Waals surface area contributed by atoms with Crippen LogP contribution in [0.3, 0.4) is 0 Å². The summed E-state index contributed by atoms with van der Waals surface area (Å²) in [6, 6.07) is 3.93. The molecule has 1 saturated heterocycles. The highest BCUT2D eigenvalue weighted by Crippen LogP contribution is 2.23. The fraction of sp³-hybridized carbons (Fsp3) is 0.385. The average molecular weight is 365 g/mol. The zero-order chi connectivity index (χ0) is 16.5. The zero-order valence-electron chi connectivity index (χ0n) is 11.7. The van der Waals surface area contributed by atoms with Gasteiger partial charge in [0.25, 0.3) is 0 Å². The minimum Gasteiger partial charge on any atom is -0.333 e. The van der Waals surface area contributed by atoms with E-state index in [2.05, 4.69) is 5.32 Å². The minimum atomic E-state index is -3.13. The number of halogens is 2. The Labute approximate surface area is 138 Å². The van der Waals surface area contributed by atoms with E-state index in [-0.39, 0.29) is 11.5 Å². The molecular weight excluding hydrogens is 351 g/mol. The van der Waals surface area contributed by atoms with Crippen molar-refractivity contribution in [2.24, 2.45) is 0 Å². The fourth-order valence-corrected chi connectivity index (χ4v) is 4.52. The summed E-state index contributed by atoms with van der Waals surface area (Å²) in [6.45, 7) is 0. The van der Waals surface area contributed by atoms with Crippen molar-refractivity contribution in [3.63, 3.8) is 0 Å². The van der Waals surface area contributed by atoms with Crippen molar-refractivity contribution < 1.29 is 18.0 Å². The number of likely N-dealkylation sites (N-methyl/N-ethyl adjacent to an activating group) is 1. The summed E-state index contributed by atoms with van der Waals surface area (Å²) < 4.78 is 22.9. The van der Waals surface area contributed by atoms with Crippen LogP contribution in [0, 0.1) is 0 Å². The van der Waals surface area contributed by atoms with Gasteiger partial charge in [-0.15, -0.1) is 0 Å². The Morgan fingerprint density at radius 1 is 1.23 bits per heavy atom. The fourth-order valence-electron chi connectivity index (χ4n) is 2.22. The molecule has 9 heteroatoms. The molecule has 1 fully saturated rings. The number of carbonyl (C=O) groups is 2. The first-order valence-electron chi connectivity index (χ1n) is 6.42. The molecule has 1 aliphatic rings. The van der Waals surface area contributed by atoms with Gasteiger partial charge in [0.2, 0.25) is 0 Å². The standard InChI is InChI=1S/C13H14Cl2N2O4S/c1-17(11-2-3-22(20,21)7-11)13(19)12(18)16-10-5-8(14)4-9(15)6-10/h4-6,11H,2-3,7H2,1H3,(H,16,18). The van der Waals surface area contributed by atoms with Crippen molar-refractivity contribution in [1.82, 2.24) is 4.90 Å². The van der Waals surface area contributed by atoms with Crippen LogP contribution in [0.4, 0.5) is 5.69 Å². The van der Waals surface area contributed by atoms with Gasteiger partial charge in [0.15, 0.2) is 9.84 Å². The van der Waals surface area contributed by atoms with Gasteiger partial charge in [0.05, 0.1) is 11.5 Å². The van der Waals surface area contributed by atoms with Crippen LogP contribution in [0.15, 0.2) is 18.2 Å². The van der Waals surface area contributed by atoms with Crippen molar-refractivity contribution in [2.45, 2.75) is 12.5 Å². The first-order valence-corrected chi connectivity index (χ1v) is 9.00. The van der Waals surface area contributed by atoms with E-state index in [9.17, 15) is 18.0 Å². The third-order valence-electron chi connectivity index (χ3n) is 3.39. The van der Waals surface area contributed by atoms with E-state index in [1.165, 1.54) is 25.2 Å². The van der Waals surface area contributed by atoms with Gasteiger partial charge in [0, 0.05) is 28.8 Å². The molecule has 6 nitrogen and oxygen atoms in total. The van der Waals surface area contributed by atoms with Crippen LogP contribution in [0.5, 0.6) is 0 Å². The molecule has 120 valence electrons. The Morgan fingerprint density at radius 3 is 2.32 bits per heavy atom. The van der Waals surface area contributed by atoms with Crippen molar-refractivity contribution in [3.05, 3.63) is 28.2 Å². The first-order chi connectivity index (χ1) is 10.2. The number of rotatable bonds is 2. The number of benzene rings is 1. The summed E-state index contributed by atoms with van der Waals surface area (Å²) in [4.78, 5) is 25.2. The lowest BCUT2D eigenvalue weighted by molar-refractivity contribution is -0.143. The quantitative estimate of drug-likeness (QED) is 0.807. The maximum atomic E-state index is 12.1. The predicted octanol–water partition coefficient (Wildman–Crippen LogP) is 1.58. The molecule has 2 amide bonds. The Morgan fingerprint density at radius 2 is 1.82 bits per heavy atom. The molecule has 1 heterocycles. The average Bonchev–Trinajstić information content (AvgIpc) is 2.76. The second-order valence-electron chi connectivity index (χ2n) is 5.09. The SMILES string of the molecule is CN(C(=O)C(=O)Nc1cc(Cl)cc(Cl)c1)C1CCS(=O)(=O)C1. The monoisotopic (exact) mass is 364 g/mol. The number of nitrogens with zero attached hydrogens (tertiary/aromatic N) is 1. The highest BCUT2D eigenvalue weighted by atomic mass is 35.5. The number of anilines is 1. The van der Waals surface area contributed by atoms with E-state index < -0.39 is 27.7 Å². The normalized spacial score (nSPS) is 19.7. The van der Waals surface area contributed by atoms with Gasteiger partial charge in [-0.1, -0.05) is 23.2 Å². The zero-order valence-corrected chi connectivity index (χ0v) is 14.0. The summed E-state index contributed by atoms with van der Waals surface area (Å²) >= 11 is 11.6. The predicted molar refractivity (Wildman–Crippen MR) is 84.9 cm³/mol. The topological polar surface area (TPSA) is 83.6 Å². The third kappa shape index (κ3) is 4.12. The molecule has 1 aromatic rings. The minimum absolute atomic E-state index is 0.0286. The maximum Gasteiger partial charge on any atom is 0.313 e. The van der Waals surface area contributed by atoms with E-state index in [1.807, 2.05) is 0 Å². The molecule has 0 aliphatic carbocycles. The first kappa shape index (κ1) is 17.1. The Bertz CT molecular complexity index is 701. The van der Waals surface area contributed by atoms with Crippen LogP contribution in [-0.2, 0) is 19.4 Å². The molecule has 1 N–H and O–H groups in total. The van der Waals surface area contributed by atoms with E-state index in [4.69, 9.17) is 23.2 Å². The summed E-state index contributed by atoms with van der Waals surface area (Å²) in [6.07, 6.45) is 0.334. The summed E-state index contributed by atoms with van der Waals surface area (Å²) in [5.41, 5.74) is 0.295. The molecule has 1 aliphatic heterocycles. The van der Waals surface area contributed by atoms with Gasteiger partial charge in [-0.3, -0.25) is 9.59 Å². The molecule has 0 saturated carbocycles. The molecule has 2 rings (SSSR count). The van der Waals surface area contributed by atoms with Crippen molar-refractivity contribution in [1.29, 1.82) is 0 Å². The summed E-state index contributed by atoms with van der Waals surface area (Å²) in [7, 11) is -1.72. The highest BCUT2D eigenvalue weighted by Gasteiger charge is 2.34. The Hall–Kier alpha value is -1.31. The molecule has 1 unspecified atom stereocenters. The summed E-state index contributed by atoms with van der Waals surface area (Å²) in [5, 5.41) is 3.05. The molecular formula is C13H14Cl2N2O4S. The summed E-state index contributed by atoms with van der Waals surface area (Å²) in [5.74, 6) is -1.77. The molecule has 0 bridgehead atoms. The smallest absolute Gasteiger partial charge is 0.313 e. The lowest BCUT2D eigenvalue weighted by atomic mass is 10.2. The highest BCUT2D eigenvalue weighted by molar-refractivity contribution is 7.91. The molecule has 0 aromatic heterocycles. The lowest BCUT2D eigenvalue weighted by Crippen LogP contribution is -2.43. The largest absolute Gasteiger partial charge is 0.333 e. The number of amides is 2. The maximum absolute atomic E-state index is 12.1. The second kappa shape index (κ2) is 6.44. The van der Waals surface area contributed by atoms with E-state index in [0.717, 1.165) is 4.90 Å². The van der Waals surface area contributed by atoms with Crippen LogP contribution >= 0.6 is 23.2 Å². The number of carbonyl (C=O) groups excluding carboxylic acids is 2. The van der Waals surface area contributed by atoms with Crippen LogP contribution in [0.1, 0.15) is 6.42 Å². The van der Waals surface area contributed by atoms with E-state index in [0.29, 0.717) is 22.2 Å². The van der Waals surface area contributed by atoms with Gasteiger partial charge in [-0.2, -0.15) is 0 Å². The third-order valence-corrected chi connectivity index (χ3v) is 5.58. The van der Waals surface area contributed by atoms with Crippen molar-refractivity contribution in [3.8, 4) is 0 Å². The van der Waals surface area contributed by atoms with Crippen LogP contribution in [0.2, 0.25) is 10.0 Å². The molecule has 1 atom stereocenters. The number of sulfone groups is 1. The molecule has 0 spiro atoms. The second-order valence-corrected chi connectivity index (χ2v) is 8.19. The van der Waals surface area contributed by atoms with Crippen molar-refractivity contribution in [2.75, 3.05) is 23.9 Å². The number of hydrogen-bond acceptors (Lipinski definition) is 4. The molecule has 0 radical (unpaired) electrons. The van der Waals surface area contributed by atoms with Gasteiger partial charge in [0.1, 0.15) is 0 Å². The molecule has 22 heavy (non-hydrogen) atoms. The van der Waals surface area contributed by atoms with Gasteiger partial charge >= 0.3 is 11.8 Å². The van der Waals surface area contributed by atoms with E-state index >= 15 is 0 Å². The van der Waals surface area contributed by atoms with Crippen LogP contribution in [0.25, 0.3) is 0 Å².